The fourth-order valence-electron chi connectivity index (χ4n) is 4.55. The molecular formula is C30H34N6O. The highest BCUT2D eigenvalue weighted by atomic mass is 16.5. The molecule has 5 rings (SSSR count). The Morgan fingerprint density at radius 2 is 1.57 bits per heavy atom. The molecule has 0 radical (unpaired) electrons. The van der Waals surface area contributed by atoms with E-state index in [1.165, 1.54) is 16.8 Å². The Kier molecular flexibility index (Phi) is 7.40. The van der Waals surface area contributed by atoms with Crippen LogP contribution in [-0.4, -0.2) is 36.2 Å². The monoisotopic (exact) mass is 494 g/mol. The highest BCUT2D eigenvalue weighted by molar-refractivity contribution is 5.66. The third kappa shape index (κ3) is 6.30. The molecule has 0 bridgehead atoms. The molecular weight excluding hydrogens is 460 g/mol. The van der Waals surface area contributed by atoms with Gasteiger partial charge in [0.1, 0.15) is 17.4 Å². The number of para-hydroxylation sites is 1. The second-order valence-electron chi connectivity index (χ2n) is 9.50. The van der Waals surface area contributed by atoms with Crippen LogP contribution in [0, 0.1) is 13.8 Å². The number of aryl methyl sites for hydroxylation is 2. The number of aromatic nitrogens is 2. The molecule has 37 heavy (non-hydrogen) atoms. The maximum absolute atomic E-state index is 5.29. The summed E-state index contributed by atoms with van der Waals surface area (Å²) in [5, 5.41) is 10.6. The number of benzene rings is 3. The summed E-state index contributed by atoms with van der Waals surface area (Å²) in [6, 6.07) is 27.1. The Labute approximate surface area is 218 Å². The quantitative estimate of drug-likeness (QED) is 0.253. The molecule has 190 valence electrons. The lowest BCUT2D eigenvalue weighted by atomic mass is 10.0. The van der Waals surface area contributed by atoms with Gasteiger partial charge in [-0.2, -0.15) is 9.97 Å². The van der Waals surface area contributed by atoms with Gasteiger partial charge in [0.15, 0.2) is 0 Å². The Balaban J connectivity index is 1.36. The number of hydrogen-bond donors (Lipinski definition) is 3. The first kappa shape index (κ1) is 24.4. The molecule has 7 nitrogen and oxygen atoms in total. The molecule has 1 aliphatic heterocycles. The Bertz CT molecular complexity index is 1320. The van der Waals surface area contributed by atoms with E-state index >= 15 is 0 Å². The van der Waals surface area contributed by atoms with Crippen LogP contribution in [0.3, 0.4) is 0 Å². The van der Waals surface area contributed by atoms with Crippen molar-refractivity contribution >= 4 is 34.6 Å². The minimum atomic E-state index is 0.449. The van der Waals surface area contributed by atoms with Crippen molar-refractivity contribution in [1.82, 2.24) is 9.97 Å². The van der Waals surface area contributed by atoms with Gasteiger partial charge in [0.05, 0.1) is 7.11 Å². The Morgan fingerprint density at radius 1 is 0.811 bits per heavy atom. The zero-order chi connectivity index (χ0) is 25.6. The van der Waals surface area contributed by atoms with Crippen molar-refractivity contribution in [3.63, 3.8) is 0 Å². The van der Waals surface area contributed by atoms with Crippen LogP contribution in [0.2, 0.25) is 0 Å². The molecule has 0 unspecified atom stereocenters. The zero-order valence-electron chi connectivity index (χ0n) is 21.7. The van der Waals surface area contributed by atoms with Gasteiger partial charge in [0.2, 0.25) is 5.95 Å². The maximum Gasteiger partial charge on any atom is 0.231 e. The van der Waals surface area contributed by atoms with Crippen LogP contribution < -0.4 is 25.6 Å². The van der Waals surface area contributed by atoms with Crippen LogP contribution in [0.4, 0.5) is 34.6 Å². The van der Waals surface area contributed by atoms with Gasteiger partial charge in [0.25, 0.3) is 0 Å². The predicted molar refractivity (Wildman–Crippen MR) is 153 cm³/mol. The first-order chi connectivity index (χ1) is 18.1. The highest BCUT2D eigenvalue weighted by Crippen LogP contribution is 2.28. The van der Waals surface area contributed by atoms with Crippen LogP contribution in [-0.2, 0) is 0 Å². The maximum atomic E-state index is 5.29. The van der Waals surface area contributed by atoms with E-state index in [2.05, 4.69) is 77.2 Å². The van der Waals surface area contributed by atoms with Gasteiger partial charge in [-0.3, -0.25) is 0 Å². The second-order valence-corrected chi connectivity index (χ2v) is 9.50. The summed E-state index contributed by atoms with van der Waals surface area (Å²) in [6.07, 6.45) is 2.08. The molecule has 3 aromatic carbocycles. The largest absolute Gasteiger partial charge is 0.497 e. The van der Waals surface area contributed by atoms with Crippen LogP contribution in [0.15, 0.2) is 78.9 Å². The van der Waals surface area contributed by atoms with Crippen LogP contribution in [0.1, 0.15) is 24.0 Å². The van der Waals surface area contributed by atoms with Gasteiger partial charge in [-0.1, -0.05) is 30.3 Å². The van der Waals surface area contributed by atoms with Crippen molar-refractivity contribution in [2.75, 3.05) is 41.0 Å². The SMILES string of the molecule is COc1ccc(Nc2nc(Nc3cc(C)ccc3C)cc(N3CCC(Nc4ccccc4)CC3)n2)cc1. The number of rotatable bonds is 8. The van der Waals surface area contributed by atoms with E-state index in [9.17, 15) is 0 Å². The standard InChI is InChI=1S/C30H34N6O/c1-21-9-10-22(2)27(19-21)33-28-20-29(35-30(34-28)32-24-11-13-26(37-3)14-12-24)36-17-15-25(16-18-36)31-23-7-5-4-6-8-23/h4-14,19-20,25,31H,15-18H2,1-3H3,(H2,32,33,34,35). The van der Waals surface area contributed by atoms with Gasteiger partial charge in [0, 0.05) is 42.3 Å². The van der Waals surface area contributed by atoms with Gasteiger partial charge in [-0.25, -0.2) is 0 Å². The number of nitrogens with zero attached hydrogens (tertiary/aromatic N) is 3. The topological polar surface area (TPSA) is 74.3 Å². The summed E-state index contributed by atoms with van der Waals surface area (Å²) in [5.41, 5.74) is 5.50. The molecule has 0 spiro atoms. The molecule has 7 heteroatoms. The molecule has 0 amide bonds. The van der Waals surface area contributed by atoms with E-state index in [-0.39, 0.29) is 0 Å². The third-order valence-electron chi connectivity index (χ3n) is 6.68. The molecule has 1 aromatic heterocycles. The number of ether oxygens (including phenoxy) is 1. The number of anilines is 6. The first-order valence-corrected chi connectivity index (χ1v) is 12.8. The van der Waals surface area contributed by atoms with Crippen molar-refractivity contribution in [3.8, 4) is 5.75 Å². The second kappa shape index (κ2) is 11.2. The summed E-state index contributed by atoms with van der Waals surface area (Å²) in [4.78, 5) is 12.0. The summed E-state index contributed by atoms with van der Waals surface area (Å²) in [5.74, 6) is 3.04. The lowest BCUT2D eigenvalue weighted by Crippen LogP contribution is -2.39. The van der Waals surface area contributed by atoms with E-state index < -0.39 is 0 Å². The van der Waals surface area contributed by atoms with E-state index in [1.807, 2.05) is 36.4 Å². The molecule has 2 heterocycles. The molecule has 1 fully saturated rings. The number of methoxy groups -OCH3 is 1. The Morgan fingerprint density at radius 3 is 2.30 bits per heavy atom. The molecule has 1 aliphatic rings. The molecule has 1 saturated heterocycles. The van der Waals surface area contributed by atoms with Crippen molar-refractivity contribution in [2.24, 2.45) is 0 Å². The summed E-state index contributed by atoms with van der Waals surface area (Å²) < 4.78 is 5.29. The highest BCUT2D eigenvalue weighted by Gasteiger charge is 2.21. The minimum absolute atomic E-state index is 0.449. The van der Waals surface area contributed by atoms with Gasteiger partial charge < -0.3 is 25.6 Å². The number of nitrogens with one attached hydrogen (secondary N) is 3. The first-order valence-electron chi connectivity index (χ1n) is 12.8. The van der Waals surface area contributed by atoms with Crippen molar-refractivity contribution in [3.05, 3.63) is 90.0 Å². The molecule has 3 N–H and O–H groups in total. The smallest absolute Gasteiger partial charge is 0.231 e. The van der Waals surface area contributed by atoms with E-state index in [4.69, 9.17) is 14.7 Å². The van der Waals surface area contributed by atoms with Crippen LogP contribution >= 0.6 is 0 Å². The zero-order valence-corrected chi connectivity index (χ0v) is 21.7. The summed E-state index contributed by atoms with van der Waals surface area (Å²) in [7, 11) is 1.67. The number of piperidine rings is 1. The molecule has 0 aliphatic carbocycles. The van der Waals surface area contributed by atoms with E-state index in [0.717, 1.165) is 54.7 Å². The van der Waals surface area contributed by atoms with Crippen molar-refractivity contribution in [1.29, 1.82) is 0 Å². The third-order valence-corrected chi connectivity index (χ3v) is 6.68. The lowest BCUT2D eigenvalue weighted by Gasteiger charge is -2.34. The van der Waals surface area contributed by atoms with Gasteiger partial charge in [-0.05, 0) is 80.3 Å². The van der Waals surface area contributed by atoms with E-state index in [1.54, 1.807) is 7.11 Å². The lowest BCUT2D eigenvalue weighted by molar-refractivity contribution is 0.415. The Hall–Kier alpha value is -4.26. The van der Waals surface area contributed by atoms with Crippen molar-refractivity contribution in [2.45, 2.75) is 32.7 Å². The molecule has 0 saturated carbocycles. The number of hydrogen-bond acceptors (Lipinski definition) is 7. The fraction of sp³-hybridized carbons (Fsp3) is 0.267. The normalized spacial score (nSPS) is 13.8. The minimum Gasteiger partial charge on any atom is -0.497 e. The van der Waals surface area contributed by atoms with Gasteiger partial charge in [-0.15, -0.1) is 0 Å². The van der Waals surface area contributed by atoms with Crippen LogP contribution in [0.5, 0.6) is 5.75 Å². The fourth-order valence-corrected chi connectivity index (χ4v) is 4.55. The summed E-state index contributed by atoms with van der Waals surface area (Å²) in [6.45, 7) is 6.05. The van der Waals surface area contributed by atoms with E-state index in [0.29, 0.717) is 12.0 Å². The van der Waals surface area contributed by atoms with Gasteiger partial charge >= 0.3 is 0 Å². The molecule has 4 aromatic rings. The summed E-state index contributed by atoms with van der Waals surface area (Å²) >= 11 is 0. The van der Waals surface area contributed by atoms with Crippen LogP contribution in [0.25, 0.3) is 0 Å². The average molecular weight is 495 g/mol. The van der Waals surface area contributed by atoms with Crippen molar-refractivity contribution < 1.29 is 4.74 Å². The average Bonchev–Trinajstić information content (AvgIpc) is 2.92. The molecule has 0 atom stereocenters. The predicted octanol–water partition coefficient (Wildman–Crippen LogP) is 6.67.